The molecular weight excluding hydrogens is 268 g/mol. The van der Waals surface area contributed by atoms with E-state index in [1.165, 1.54) is 12.8 Å². The van der Waals surface area contributed by atoms with Crippen LogP contribution >= 0.6 is 0 Å². The molecule has 2 aromatic rings. The minimum Gasteiger partial charge on any atom is -0.341 e. The Bertz CT molecular complexity index is 736. The third-order valence-electron chi connectivity index (χ3n) is 4.22. The molecule has 6 nitrogen and oxygen atoms in total. The second-order valence-electron chi connectivity index (χ2n) is 5.65. The number of amides is 1. The minimum absolute atomic E-state index is 0.0653. The van der Waals surface area contributed by atoms with Gasteiger partial charge in [0.05, 0.1) is 5.39 Å². The van der Waals surface area contributed by atoms with Gasteiger partial charge in [0.2, 0.25) is 5.91 Å². The Hall–Kier alpha value is -2.24. The van der Waals surface area contributed by atoms with Gasteiger partial charge in [-0.25, -0.2) is 4.68 Å². The summed E-state index contributed by atoms with van der Waals surface area (Å²) >= 11 is 0. The molecule has 1 fully saturated rings. The van der Waals surface area contributed by atoms with E-state index in [0.29, 0.717) is 16.8 Å². The van der Waals surface area contributed by atoms with Gasteiger partial charge in [0.1, 0.15) is 12.1 Å². The molecule has 1 aliphatic rings. The van der Waals surface area contributed by atoms with Gasteiger partial charge >= 0.3 is 0 Å². The summed E-state index contributed by atoms with van der Waals surface area (Å²) in [6.07, 6.45) is 2.35. The molecule has 21 heavy (non-hydrogen) atoms. The second-order valence-corrected chi connectivity index (χ2v) is 5.65. The van der Waals surface area contributed by atoms with Crippen molar-refractivity contribution in [3.8, 4) is 0 Å². The number of nitrogens with zero attached hydrogens (tertiary/aromatic N) is 4. The molecule has 0 bridgehead atoms. The molecule has 0 aliphatic heterocycles. The molecule has 110 valence electrons. The van der Waals surface area contributed by atoms with Gasteiger partial charge in [-0.1, -0.05) is 17.3 Å². The lowest BCUT2D eigenvalue weighted by molar-refractivity contribution is -0.133. The van der Waals surface area contributed by atoms with Crippen LogP contribution in [0.15, 0.2) is 29.1 Å². The number of rotatable bonds is 4. The SMILES string of the molecule is CC(C1CC1)N(C)C(=O)Cn1nnc2ccccc2c1=O. The van der Waals surface area contributed by atoms with E-state index < -0.39 is 0 Å². The molecule has 3 rings (SSSR count). The molecule has 1 aliphatic carbocycles. The number of hydrogen-bond acceptors (Lipinski definition) is 4. The summed E-state index contributed by atoms with van der Waals surface area (Å²) in [5.41, 5.74) is 0.271. The summed E-state index contributed by atoms with van der Waals surface area (Å²) in [6.45, 7) is 1.98. The van der Waals surface area contributed by atoms with Gasteiger partial charge < -0.3 is 4.90 Å². The van der Waals surface area contributed by atoms with Crippen LogP contribution in [0.3, 0.4) is 0 Å². The normalized spacial score (nSPS) is 15.9. The van der Waals surface area contributed by atoms with Gasteiger partial charge in [0.25, 0.3) is 5.56 Å². The van der Waals surface area contributed by atoms with Crippen LogP contribution in [0, 0.1) is 5.92 Å². The Kier molecular flexibility index (Phi) is 3.45. The lowest BCUT2D eigenvalue weighted by atomic mass is 10.2. The number of carbonyl (C=O) groups excluding carboxylic acids is 1. The highest BCUT2D eigenvalue weighted by molar-refractivity contribution is 5.78. The lowest BCUT2D eigenvalue weighted by Crippen LogP contribution is -2.41. The van der Waals surface area contributed by atoms with Gasteiger partial charge in [0.15, 0.2) is 0 Å². The van der Waals surface area contributed by atoms with E-state index >= 15 is 0 Å². The molecule has 0 saturated heterocycles. The van der Waals surface area contributed by atoms with Gasteiger partial charge in [-0.15, -0.1) is 5.10 Å². The molecule has 0 radical (unpaired) electrons. The second kappa shape index (κ2) is 5.27. The fraction of sp³-hybridized carbons (Fsp3) is 0.467. The van der Waals surface area contributed by atoms with E-state index in [2.05, 4.69) is 10.3 Å². The smallest absolute Gasteiger partial charge is 0.278 e. The summed E-state index contributed by atoms with van der Waals surface area (Å²) in [5.74, 6) is 0.486. The fourth-order valence-corrected chi connectivity index (χ4v) is 2.49. The van der Waals surface area contributed by atoms with Crippen molar-refractivity contribution in [3.05, 3.63) is 34.6 Å². The quantitative estimate of drug-likeness (QED) is 0.842. The van der Waals surface area contributed by atoms with Crippen molar-refractivity contribution in [3.63, 3.8) is 0 Å². The number of hydrogen-bond donors (Lipinski definition) is 0. The topological polar surface area (TPSA) is 68.1 Å². The first-order valence-corrected chi connectivity index (χ1v) is 7.16. The Morgan fingerprint density at radius 3 is 2.86 bits per heavy atom. The first-order valence-electron chi connectivity index (χ1n) is 7.16. The van der Waals surface area contributed by atoms with Crippen LogP contribution in [0.2, 0.25) is 0 Å². The number of carbonyl (C=O) groups is 1. The zero-order valence-electron chi connectivity index (χ0n) is 12.2. The van der Waals surface area contributed by atoms with Crippen LogP contribution in [0.5, 0.6) is 0 Å². The van der Waals surface area contributed by atoms with Crippen molar-refractivity contribution in [2.24, 2.45) is 5.92 Å². The van der Waals surface area contributed by atoms with Crippen LogP contribution in [0.1, 0.15) is 19.8 Å². The van der Waals surface area contributed by atoms with Gasteiger partial charge in [-0.3, -0.25) is 9.59 Å². The average Bonchev–Trinajstić information content (AvgIpc) is 3.33. The highest BCUT2D eigenvalue weighted by Crippen LogP contribution is 2.34. The van der Waals surface area contributed by atoms with E-state index in [0.717, 1.165) is 4.68 Å². The molecule has 1 atom stereocenters. The van der Waals surface area contributed by atoms with E-state index in [9.17, 15) is 9.59 Å². The molecule has 6 heteroatoms. The number of benzene rings is 1. The summed E-state index contributed by atoms with van der Waals surface area (Å²) in [6, 6.07) is 7.22. The molecule has 1 unspecified atom stereocenters. The molecule has 1 amide bonds. The summed E-state index contributed by atoms with van der Waals surface area (Å²) < 4.78 is 1.14. The van der Waals surface area contributed by atoms with Crippen molar-refractivity contribution in [1.82, 2.24) is 19.9 Å². The zero-order chi connectivity index (χ0) is 15.0. The largest absolute Gasteiger partial charge is 0.341 e. The van der Waals surface area contributed by atoms with Crippen LogP contribution in [-0.4, -0.2) is 38.9 Å². The Labute approximate surface area is 122 Å². The molecule has 1 aromatic heterocycles. The number of aromatic nitrogens is 3. The molecular formula is C15H18N4O2. The van der Waals surface area contributed by atoms with E-state index in [1.807, 2.05) is 6.92 Å². The Morgan fingerprint density at radius 1 is 1.43 bits per heavy atom. The molecule has 0 spiro atoms. The molecule has 1 aromatic carbocycles. The van der Waals surface area contributed by atoms with Crippen molar-refractivity contribution in [2.45, 2.75) is 32.4 Å². The summed E-state index contributed by atoms with van der Waals surface area (Å²) in [4.78, 5) is 26.3. The molecule has 1 saturated carbocycles. The third kappa shape index (κ3) is 2.66. The minimum atomic E-state index is -0.276. The van der Waals surface area contributed by atoms with Crippen LogP contribution in [0.4, 0.5) is 0 Å². The first kappa shape index (κ1) is 13.7. The van der Waals surface area contributed by atoms with E-state index in [4.69, 9.17) is 0 Å². The predicted molar refractivity (Wildman–Crippen MR) is 78.8 cm³/mol. The lowest BCUT2D eigenvalue weighted by Gasteiger charge is -2.24. The monoisotopic (exact) mass is 286 g/mol. The predicted octanol–water partition coefficient (Wildman–Crippen LogP) is 1.05. The Morgan fingerprint density at radius 2 is 2.14 bits per heavy atom. The maximum absolute atomic E-state index is 12.3. The van der Waals surface area contributed by atoms with Gasteiger partial charge in [0, 0.05) is 13.1 Å². The van der Waals surface area contributed by atoms with Crippen LogP contribution in [-0.2, 0) is 11.3 Å². The van der Waals surface area contributed by atoms with Gasteiger partial charge in [-0.2, -0.15) is 0 Å². The van der Waals surface area contributed by atoms with Crippen molar-refractivity contribution >= 4 is 16.8 Å². The van der Waals surface area contributed by atoms with E-state index in [1.54, 1.807) is 36.2 Å². The highest BCUT2D eigenvalue weighted by Gasteiger charge is 2.32. The summed E-state index contributed by atoms with van der Waals surface area (Å²) in [5, 5.41) is 8.33. The summed E-state index contributed by atoms with van der Waals surface area (Å²) in [7, 11) is 1.78. The zero-order valence-corrected chi connectivity index (χ0v) is 12.2. The number of fused-ring (bicyclic) bond motifs is 1. The highest BCUT2D eigenvalue weighted by atomic mass is 16.2. The van der Waals surface area contributed by atoms with Crippen LogP contribution < -0.4 is 5.56 Å². The third-order valence-corrected chi connectivity index (χ3v) is 4.22. The maximum atomic E-state index is 12.3. The molecule has 1 heterocycles. The molecule has 0 N–H and O–H groups in total. The van der Waals surface area contributed by atoms with Crippen LogP contribution in [0.25, 0.3) is 10.9 Å². The average molecular weight is 286 g/mol. The van der Waals surface area contributed by atoms with Crippen molar-refractivity contribution in [1.29, 1.82) is 0 Å². The fourth-order valence-electron chi connectivity index (χ4n) is 2.49. The number of likely N-dealkylation sites (N-methyl/N-ethyl adjacent to an activating group) is 1. The van der Waals surface area contributed by atoms with Crippen molar-refractivity contribution < 1.29 is 4.79 Å². The maximum Gasteiger partial charge on any atom is 0.278 e. The van der Waals surface area contributed by atoms with E-state index in [-0.39, 0.29) is 24.1 Å². The standard InChI is InChI=1S/C15H18N4O2/c1-10(11-7-8-11)18(2)14(20)9-19-15(21)12-5-3-4-6-13(12)16-17-19/h3-6,10-11H,7-9H2,1-2H3. The first-order chi connectivity index (χ1) is 10.1. The van der Waals surface area contributed by atoms with Crippen molar-refractivity contribution in [2.75, 3.05) is 7.05 Å². The van der Waals surface area contributed by atoms with Gasteiger partial charge in [-0.05, 0) is 37.8 Å². The Balaban J connectivity index is 1.82.